The number of benzene rings is 2. The number of hydrogen-bond donors (Lipinski definition) is 1. The molecule has 0 atom stereocenters. The number of amides is 1. The average molecular weight is 307 g/mol. The van der Waals surface area contributed by atoms with Crippen molar-refractivity contribution in [3.8, 4) is 11.8 Å². The molecule has 23 heavy (non-hydrogen) atoms. The minimum Gasteiger partial charge on any atom is -0.489 e. The van der Waals surface area contributed by atoms with Crippen LogP contribution in [0.2, 0.25) is 0 Å². The van der Waals surface area contributed by atoms with Gasteiger partial charge in [-0.3, -0.25) is 4.79 Å². The Morgan fingerprint density at radius 2 is 2.00 bits per heavy atom. The van der Waals surface area contributed by atoms with Crippen LogP contribution in [0.15, 0.2) is 48.5 Å². The summed E-state index contributed by atoms with van der Waals surface area (Å²) in [5.74, 6) is 0.141. The molecule has 117 valence electrons. The lowest BCUT2D eigenvalue weighted by molar-refractivity contribution is 0.0999. The van der Waals surface area contributed by atoms with Crippen molar-refractivity contribution in [3.63, 3.8) is 0 Å². The van der Waals surface area contributed by atoms with E-state index in [4.69, 9.17) is 15.7 Å². The number of ether oxygens (including phenoxy) is 1. The molecular formula is C19H19N2O2. The second-order valence-electron chi connectivity index (χ2n) is 5.15. The van der Waals surface area contributed by atoms with E-state index in [-0.39, 0.29) is 0 Å². The predicted octanol–water partition coefficient (Wildman–Crippen LogP) is 3.42. The standard InChI is InChI=1S/C19H19N2O2/c20-12-6-2-5-9-16-10-11-17(13-18(16)19(21)22)23-14-15-7-3-1-4-8-15/h1,3-5,7-8,10-11,13H,2,6,9,14H2,(H2,21,22). The maximum atomic E-state index is 11.6. The molecule has 2 N–H and O–H groups in total. The SMILES string of the molecule is N#CCC[CH]Cc1ccc(OCc2ccccc2)cc1C(N)=O. The molecule has 2 rings (SSSR count). The molecule has 0 aliphatic carbocycles. The second kappa shape index (κ2) is 8.60. The van der Waals surface area contributed by atoms with Crippen LogP contribution in [0.5, 0.6) is 5.75 Å². The van der Waals surface area contributed by atoms with Gasteiger partial charge in [0.15, 0.2) is 0 Å². The van der Waals surface area contributed by atoms with E-state index < -0.39 is 5.91 Å². The van der Waals surface area contributed by atoms with Gasteiger partial charge >= 0.3 is 0 Å². The average Bonchev–Trinajstić information content (AvgIpc) is 2.58. The van der Waals surface area contributed by atoms with Crippen LogP contribution in [0.4, 0.5) is 0 Å². The first-order valence-electron chi connectivity index (χ1n) is 7.49. The van der Waals surface area contributed by atoms with Gasteiger partial charge in [0.1, 0.15) is 12.4 Å². The van der Waals surface area contributed by atoms with Gasteiger partial charge in [-0.15, -0.1) is 0 Å². The Morgan fingerprint density at radius 3 is 2.70 bits per heavy atom. The fourth-order valence-electron chi connectivity index (χ4n) is 2.22. The number of carbonyl (C=O) groups is 1. The quantitative estimate of drug-likeness (QED) is 0.759. The summed E-state index contributed by atoms with van der Waals surface area (Å²) in [6.07, 6.45) is 3.76. The van der Waals surface area contributed by atoms with E-state index in [9.17, 15) is 4.79 Å². The van der Waals surface area contributed by atoms with Crippen LogP contribution in [-0.2, 0) is 13.0 Å². The summed E-state index contributed by atoms with van der Waals surface area (Å²) in [5.41, 5.74) is 7.83. The molecule has 0 aliphatic heterocycles. The Bertz CT molecular complexity index is 690. The Morgan fingerprint density at radius 1 is 1.22 bits per heavy atom. The lowest BCUT2D eigenvalue weighted by Gasteiger charge is -2.11. The highest BCUT2D eigenvalue weighted by Crippen LogP contribution is 2.20. The van der Waals surface area contributed by atoms with Gasteiger partial charge < -0.3 is 10.5 Å². The summed E-state index contributed by atoms with van der Waals surface area (Å²) in [6.45, 7) is 0.437. The Kier molecular flexibility index (Phi) is 6.19. The summed E-state index contributed by atoms with van der Waals surface area (Å²) in [5, 5.41) is 8.54. The molecule has 0 aliphatic rings. The van der Waals surface area contributed by atoms with Gasteiger partial charge in [0.2, 0.25) is 5.91 Å². The van der Waals surface area contributed by atoms with Gasteiger partial charge in [-0.2, -0.15) is 5.26 Å². The number of unbranched alkanes of at least 4 members (excludes halogenated alkanes) is 2. The van der Waals surface area contributed by atoms with E-state index in [1.54, 1.807) is 6.07 Å². The van der Waals surface area contributed by atoms with Crippen LogP contribution in [0.25, 0.3) is 0 Å². The first kappa shape index (κ1) is 16.6. The van der Waals surface area contributed by atoms with Gasteiger partial charge in [-0.1, -0.05) is 36.4 Å². The van der Waals surface area contributed by atoms with Crippen molar-refractivity contribution in [3.05, 3.63) is 71.6 Å². The normalized spacial score (nSPS) is 10.0. The molecule has 0 bridgehead atoms. The number of nitriles is 1. The molecular weight excluding hydrogens is 288 g/mol. The van der Waals surface area contributed by atoms with Crippen LogP contribution < -0.4 is 10.5 Å². The largest absolute Gasteiger partial charge is 0.489 e. The third-order valence-corrected chi connectivity index (χ3v) is 3.42. The highest BCUT2D eigenvalue weighted by Gasteiger charge is 2.10. The third-order valence-electron chi connectivity index (χ3n) is 3.42. The van der Waals surface area contributed by atoms with Crippen molar-refractivity contribution in [2.45, 2.75) is 25.9 Å². The fraction of sp³-hybridized carbons (Fsp3) is 0.211. The number of hydrogen-bond acceptors (Lipinski definition) is 3. The van der Waals surface area contributed by atoms with Crippen LogP contribution in [0, 0.1) is 17.8 Å². The smallest absolute Gasteiger partial charge is 0.249 e. The molecule has 4 nitrogen and oxygen atoms in total. The third kappa shape index (κ3) is 5.15. The Labute approximate surface area is 136 Å². The van der Waals surface area contributed by atoms with Gasteiger partial charge in [0.25, 0.3) is 0 Å². The van der Waals surface area contributed by atoms with E-state index in [0.717, 1.165) is 11.1 Å². The zero-order chi connectivity index (χ0) is 16.5. The summed E-state index contributed by atoms with van der Waals surface area (Å²) in [7, 11) is 0. The summed E-state index contributed by atoms with van der Waals surface area (Å²) in [6, 6.07) is 17.3. The molecule has 2 aromatic rings. The molecule has 0 saturated carbocycles. The van der Waals surface area contributed by atoms with Crippen molar-refractivity contribution < 1.29 is 9.53 Å². The molecule has 0 unspecified atom stereocenters. The first-order chi connectivity index (χ1) is 11.2. The van der Waals surface area contributed by atoms with Gasteiger partial charge in [-0.25, -0.2) is 0 Å². The van der Waals surface area contributed by atoms with E-state index in [2.05, 4.69) is 6.07 Å². The van der Waals surface area contributed by atoms with Crippen LogP contribution in [0.3, 0.4) is 0 Å². The van der Waals surface area contributed by atoms with Gasteiger partial charge in [0.05, 0.1) is 6.07 Å². The van der Waals surface area contributed by atoms with Crippen LogP contribution in [0.1, 0.15) is 34.3 Å². The van der Waals surface area contributed by atoms with Crippen molar-refractivity contribution in [2.24, 2.45) is 5.73 Å². The zero-order valence-electron chi connectivity index (χ0n) is 12.9. The number of rotatable bonds is 8. The molecule has 4 heteroatoms. The number of primary amides is 1. The molecule has 2 aromatic carbocycles. The summed E-state index contributed by atoms with van der Waals surface area (Å²) in [4.78, 5) is 11.6. The first-order valence-corrected chi connectivity index (χ1v) is 7.49. The maximum absolute atomic E-state index is 11.6. The molecule has 0 saturated heterocycles. The monoisotopic (exact) mass is 307 g/mol. The van der Waals surface area contributed by atoms with Gasteiger partial charge in [-0.05, 0) is 42.5 Å². The van der Waals surface area contributed by atoms with Crippen molar-refractivity contribution >= 4 is 5.91 Å². The molecule has 1 radical (unpaired) electrons. The number of nitrogens with zero attached hydrogens (tertiary/aromatic N) is 1. The molecule has 0 heterocycles. The lowest BCUT2D eigenvalue weighted by Crippen LogP contribution is -2.14. The molecule has 0 fully saturated rings. The molecule has 1 amide bonds. The maximum Gasteiger partial charge on any atom is 0.249 e. The van der Waals surface area contributed by atoms with Crippen LogP contribution >= 0.6 is 0 Å². The highest BCUT2D eigenvalue weighted by atomic mass is 16.5. The lowest BCUT2D eigenvalue weighted by atomic mass is 10.0. The van der Waals surface area contributed by atoms with Crippen molar-refractivity contribution in [1.82, 2.24) is 0 Å². The van der Waals surface area contributed by atoms with Gasteiger partial charge in [0, 0.05) is 12.0 Å². The topological polar surface area (TPSA) is 76.1 Å². The highest BCUT2D eigenvalue weighted by molar-refractivity contribution is 5.94. The molecule has 0 spiro atoms. The van der Waals surface area contributed by atoms with E-state index in [0.29, 0.717) is 37.2 Å². The fourth-order valence-corrected chi connectivity index (χ4v) is 2.22. The van der Waals surface area contributed by atoms with Crippen LogP contribution in [-0.4, -0.2) is 5.91 Å². The van der Waals surface area contributed by atoms with E-state index >= 15 is 0 Å². The minimum absolute atomic E-state index is 0.437. The van der Waals surface area contributed by atoms with Crippen molar-refractivity contribution in [2.75, 3.05) is 0 Å². The molecule has 0 aromatic heterocycles. The zero-order valence-corrected chi connectivity index (χ0v) is 12.9. The van der Waals surface area contributed by atoms with E-state index in [1.807, 2.05) is 48.9 Å². The van der Waals surface area contributed by atoms with Crippen molar-refractivity contribution in [1.29, 1.82) is 5.26 Å². The number of nitrogens with two attached hydrogens (primary N) is 1. The Balaban J connectivity index is 2.03. The predicted molar refractivity (Wildman–Crippen MR) is 88.6 cm³/mol. The summed E-state index contributed by atoms with van der Waals surface area (Å²) < 4.78 is 5.72. The second-order valence-corrected chi connectivity index (χ2v) is 5.15. The Hall–Kier alpha value is -2.80. The van der Waals surface area contributed by atoms with E-state index in [1.165, 1.54) is 0 Å². The minimum atomic E-state index is -0.473. The summed E-state index contributed by atoms with van der Waals surface area (Å²) >= 11 is 0. The number of carbonyl (C=O) groups excluding carboxylic acids is 1.